The highest BCUT2D eigenvalue weighted by atomic mass is 16.5. The van der Waals surface area contributed by atoms with Crippen molar-refractivity contribution in [2.24, 2.45) is 0 Å². The summed E-state index contributed by atoms with van der Waals surface area (Å²) in [6.45, 7) is 0.855. The SMILES string of the molecule is COC(=O)C1COCCN1C(=O)c1cnccn1. The van der Waals surface area contributed by atoms with Crippen LogP contribution in [0.3, 0.4) is 0 Å². The second kappa shape index (κ2) is 5.54. The Hall–Kier alpha value is -2.02. The molecule has 0 spiro atoms. The Bertz CT molecular complexity index is 437. The number of ether oxygens (including phenoxy) is 2. The summed E-state index contributed by atoms with van der Waals surface area (Å²) in [4.78, 5) is 32.9. The van der Waals surface area contributed by atoms with E-state index >= 15 is 0 Å². The summed E-state index contributed by atoms with van der Waals surface area (Å²) in [5.74, 6) is -0.839. The van der Waals surface area contributed by atoms with Crippen LogP contribution in [0.5, 0.6) is 0 Å². The number of aromatic nitrogens is 2. The van der Waals surface area contributed by atoms with Gasteiger partial charge in [0.25, 0.3) is 5.91 Å². The molecule has 1 aliphatic heterocycles. The van der Waals surface area contributed by atoms with Crippen LogP contribution in [0.25, 0.3) is 0 Å². The molecule has 7 nitrogen and oxygen atoms in total. The highest BCUT2D eigenvalue weighted by molar-refractivity contribution is 5.95. The van der Waals surface area contributed by atoms with Crippen molar-refractivity contribution in [2.45, 2.75) is 6.04 Å². The molecule has 96 valence electrons. The molecule has 0 aliphatic carbocycles. The number of morpholine rings is 1. The molecule has 1 aliphatic rings. The molecule has 1 amide bonds. The van der Waals surface area contributed by atoms with Gasteiger partial charge in [-0.1, -0.05) is 0 Å². The van der Waals surface area contributed by atoms with Gasteiger partial charge in [-0.25, -0.2) is 9.78 Å². The molecule has 0 aromatic carbocycles. The molecule has 1 unspecified atom stereocenters. The monoisotopic (exact) mass is 251 g/mol. The molecule has 1 aromatic rings. The van der Waals surface area contributed by atoms with Gasteiger partial charge in [-0.15, -0.1) is 0 Å². The normalized spacial score (nSPS) is 19.4. The third-order valence-electron chi connectivity index (χ3n) is 2.64. The van der Waals surface area contributed by atoms with E-state index in [1.165, 1.54) is 30.6 Å². The molecule has 0 radical (unpaired) electrons. The van der Waals surface area contributed by atoms with Crippen LogP contribution in [0.1, 0.15) is 10.5 Å². The number of amides is 1. The number of esters is 1. The Balaban J connectivity index is 2.19. The molecule has 2 heterocycles. The van der Waals surface area contributed by atoms with Crippen molar-refractivity contribution < 1.29 is 19.1 Å². The Labute approximate surface area is 104 Å². The first-order valence-corrected chi connectivity index (χ1v) is 5.46. The zero-order chi connectivity index (χ0) is 13.0. The van der Waals surface area contributed by atoms with Gasteiger partial charge in [-0.2, -0.15) is 0 Å². The maximum absolute atomic E-state index is 12.2. The standard InChI is InChI=1S/C11H13N3O4/c1-17-11(16)9-7-18-5-4-14(9)10(15)8-6-12-2-3-13-8/h2-3,6,9H,4-5,7H2,1H3. The van der Waals surface area contributed by atoms with Crippen LogP contribution in [-0.2, 0) is 14.3 Å². The summed E-state index contributed by atoms with van der Waals surface area (Å²) in [6.07, 6.45) is 4.28. The molecule has 1 fully saturated rings. The number of nitrogens with zero attached hydrogens (tertiary/aromatic N) is 3. The van der Waals surface area contributed by atoms with Crippen LogP contribution in [0.2, 0.25) is 0 Å². The van der Waals surface area contributed by atoms with E-state index in [1.807, 2.05) is 0 Å². The van der Waals surface area contributed by atoms with Gasteiger partial charge < -0.3 is 14.4 Å². The van der Waals surface area contributed by atoms with Crippen molar-refractivity contribution in [1.82, 2.24) is 14.9 Å². The lowest BCUT2D eigenvalue weighted by Crippen LogP contribution is -2.53. The lowest BCUT2D eigenvalue weighted by Gasteiger charge is -2.33. The van der Waals surface area contributed by atoms with Crippen LogP contribution >= 0.6 is 0 Å². The molecule has 18 heavy (non-hydrogen) atoms. The predicted molar refractivity (Wildman–Crippen MR) is 59.7 cm³/mol. The van der Waals surface area contributed by atoms with Gasteiger partial charge in [0.2, 0.25) is 0 Å². The Morgan fingerprint density at radius 1 is 1.50 bits per heavy atom. The number of carbonyl (C=O) groups excluding carboxylic acids is 2. The smallest absolute Gasteiger partial charge is 0.331 e. The minimum Gasteiger partial charge on any atom is -0.467 e. The fourth-order valence-electron chi connectivity index (χ4n) is 1.73. The average molecular weight is 251 g/mol. The quantitative estimate of drug-likeness (QED) is 0.658. The van der Waals surface area contributed by atoms with E-state index < -0.39 is 12.0 Å². The predicted octanol–water partition coefficient (Wildman–Crippen LogP) is -0.509. The second-order valence-corrected chi connectivity index (χ2v) is 3.70. The first kappa shape index (κ1) is 12.4. The zero-order valence-electron chi connectivity index (χ0n) is 9.91. The van der Waals surface area contributed by atoms with E-state index in [0.29, 0.717) is 13.2 Å². The minimum atomic E-state index is -0.724. The third kappa shape index (κ3) is 2.45. The lowest BCUT2D eigenvalue weighted by atomic mass is 10.2. The van der Waals surface area contributed by atoms with Gasteiger partial charge in [0.1, 0.15) is 5.69 Å². The van der Waals surface area contributed by atoms with Crippen LogP contribution in [0.15, 0.2) is 18.6 Å². The molecular formula is C11H13N3O4. The number of carbonyl (C=O) groups is 2. The lowest BCUT2D eigenvalue weighted by molar-refractivity contribution is -0.151. The highest BCUT2D eigenvalue weighted by Crippen LogP contribution is 2.12. The number of methoxy groups -OCH3 is 1. The van der Waals surface area contributed by atoms with Crippen LogP contribution in [0, 0.1) is 0 Å². The largest absolute Gasteiger partial charge is 0.467 e. The summed E-state index contributed by atoms with van der Waals surface area (Å²) in [7, 11) is 1.28. The summed E-state index contributed by atoms with van der Waals surface area (Å²) in [5.41, 5.74) is 0.202. The van der Waals surface area contributed by atoms with Gasteiger partial charge in [0.15, 0.2) is 6.04 Å². The first-order chi connectivity index (χ1) is 8.74. The van der Waals surface area contributed by atoms with Gasteiger partial charge in [0.05, 0.1) is 26.5 Å². The van der Waals surface area contributed by atoms with E-state index in [0.717, 1.165) is 0 Å². The van der Waals surface area contributed by atoms with E-state index in [2.05, 4.69) is 14.7 Å². The fourth-order valence-corrected chi connectivity index (χ4v) is 1.73. The zero-order valence-corrected chi connectivity index (χ0v) is 9.91. The van der Waals surface area contributed by atoms with E-state index in [1.54, 1.807) is 0 Å². The van der Waals surface area contributed by atoms with Gasteiger partial charge in [-0.3, -0.25) is 9.78 Å². The number of hydrogen-bond donors (Lipinski definition) is 0. The maximum Gasteiger partial charge on any atom is 0.331 e. The maximum atomic E-state index is 12.2. The van der Waals surface area contributed by atoms with E-state index in [9.17, 15) is 9.59 Å². The van der Waals surface area contributed by atoms with Crippen molar-refractivity contribution >= 4 is 11.9 Å². The summed E-state index contributed by atoms with van der Waals surface area (Å²) in [5, 5.41) is 0. The molecular weight excluding hydrogens is 238 g/mol. The molecule has 1 atom stereocenters. The van der Waals surface area contributed by atoms with Crippen LogP contribution in [0.4, 0.5) is 0 Å². The molecule has 1 saturated heterocycles. The second-order valence-electron chi connectivity index (χ2n) is 3.70. The van der Waals surface area contributed by atoms with Gasteiger partial charge in [0, 0.05) is 18.9 Å². The molecule has 0 N–H and O–H groups in total. The number of hydrogen-bond acceptors (Lipinski definition) is 6. The van der Waals surface area contributed by atoms with E-state index in [4.69, 9.17) is 4.74 Å². The topological polar surface area (TPSA) is 81.6 Å². The summed E-state index contributed by atoms with van der Waals surface area (Å²) in [6, 6.07) is -0.724. The number of rotatable bonds is 2. The van der Waals surface area contributed by atoms with Gasteiger partial charge >= 0.3 is 5.97 Å². The minimum absolute atomic E-state index is 0.138. The highest BCUT2D eigenvalue weighted by Gasteiger charge is 2.34. The van der Waals surface area contributed by atoms with Crippen LogP contribution < -0.4 is 0 Å². The third-order valence-corrected chi connectivity index (χ3v) is 2.64. The Morgan fingerprint density at radius 2 is 2.33 bits per heavy atom. The Morgan fingerprint density at radius 3 is 3.00 bits per heavy atom. The molecule has 7 heteroatoms. The molecule has 0 saturated carbocycles. The summed E-state index contributed by atoms with van der Waals surface area (Å²) >= 11 is 0. The Kier molecular flexibility index (Phi) is 3.83. The molecule has 2 rings (SSSR count). The summed E-state index contributed by atoms with van der Waals surface area (Å²) < 4.78 is 9.85. The first-order valence-electron chi connectivity index (χ1n) is 5.46. The molecule has 1 aromatic heterocycles. The van der Waals surface area contributed by atoms with Crippen molar-refractivity contribution in [3.8, 4) is 0 Å². The van der Waals surface area contributed by atoms with Crippen molar-refractivity contribution in [3.63, 3.8) is 0 Å². The van der Waals surface area contributed by atoms with Crippen molar-refractivity contribution in [1.29, 1.82) is 0 Å². The van der Waals surface area contributed by atoms with Crippen molar-refractivity contribution in [2.75, 3.05) is 26.9 Å². The van der Waals surface area contributed by atoms with Crippen molar-refractivity contribution in [3.05, 3.63) is 24.3 Å². The van der Waals surface area contributed by atoms with Gasteiger partial charge in [-0.05, 0) is 0 Å². The fraction of sp³-hybridized carbons (Fsp3) is 0.455. The average Bonchev–Trinajstić information content (AvgIpc) is 2.46. The van der Waals surface area contributed by atoms with E-state index in [-0.39, 0.29) is 18.2 Å². The molecule has 0 bridgehead atoms. The van der Waals surface area contributed by atoms with Crippen LogP contribution in [-0.4, -0.2) is 59.7 Å².